The van der Waals surface area contributed by atoms with E-state index in [2.05, 4.69) is 17.2 Å². The third-order valence-electron chi connectivity index (χ3n) is 7.44. The van der Waals surface area contributed by atoms with Crippen LogP contribution in [0.15, 0.2) is 6.20 Å². The Balaban J connectivity index is 1.98. The molecule has 1 amide bonds. The molecule has 16 heteroatoms. The summed E-state index contributed by atoms with van der Waals surface area (Å²) >= 11 is 0. The Bertz CT molecular complexity index is 1120. The summed E-state index contributed by atoms with van der Waals surface area (Å²) in [5.41, 5.74) is 0.377. The van der Waals surface area contributed by atoms with E-state index in [4.69, 9.17) is 23.7 Å². The molecule has 1 fully saturated rings. The largest absolute Gasteiger partial charge is 0.471 e. The van der Waals surface area contributed by atoms with E-state index in [1.54, 1.807) is 16.2 Å². The summed E-state index contributed by atoms with van der Waals surface area (Å²) in [5.74, 6) is -4.86. The second-order valence-electron chi connectivity index (χ2n) is 11.6. The van der Waals surface area contributed by atoms with Crippen molar-refractivity contribution in [3.05, 3.63) is 11.9 Å². The molecule has 0 spiro atoms. The average Bonchev–Trinajstić information content (AvgIpc) is 3.44. The molecule has 1 aliphatic rings. The minimum Gasteiger partial charge on any atom is -0.456 e. The van der Waals surface area contributed by atoms with Gasteiger partial charge in [-0.15, -0.1) is 5.10 Å². The maximum atomic E-state index is 12.9. The average molecular weight is 679 g/mol. The van der Waals surface area contributed by atoms with Crippen molar-refractivity contribution < 1.29 is 56.0 Å². The van der Waals surface area contributed by atoms with Crippen molar-refractivity contribution in [2.45, 2.75) is 155 Å². The van der Waals surface area contributed by atoms with Crippen LogP contribution in [0.25, 0.3) is 0 Å². The van der Waals surface area contributed by atoms with Crippen LogP contribution in [0.1, 0.15) is 110 Å². The van der Waals surface area contributed by atoms with Gasteiger partial charge in [0.25, 0.3) is 0 Å². The maximum Gasteiger partial charge on any atom is 0.471 e. The predicted molar refractivity (Wildman–Crippen MR) is 160 cm³/mol. The number of carbonyl (C=O) groups excluding carboxylic acids is 4. The first kappa shape index (κ1) is 39.9. The molecule has 1 saturated heterocycles. The van der Waals surface area contributed by atoms with Crippen LogP contribution in [0.5, 0.6) is 0 Å². The zero-order valence-corrected chi connectivity index (χ0v) is 27.7. The number of amides is 1. The second-order valence-corrected chi connectivity index (χ2v) is 11.6. The van der Waals surface area contributed by atoms with Gasteiger partial charge in [0.15, 0.2) is 24.6 Å². The van der Waals surface area contributed by atoms with Crippen LogP contribution in [-0.4, -0.2) is 82.2 Å². The monoisotopic (exact) mass is 678 g/mol. The number of rotatable bonds is 21. The molecule has 5 atom stereocenters. The number of esters is 3. The van der Waals surface area contributed by atoms with Crippen LogP contribution in [0, 0.1) is 0 Å². The van der Waals surface area contributed by atoms with Crippen molar-refractivity contribution in [1.29, 1.82) is 0 Å². The highest BCUT2D eigenvalue weighted by Crippen LogP contribution is 2.30. The first-order valence-corrected chi connectivity index (χ1v) is 16.3. The van der Waals surface area contributed by atoms with Gasteiger partial charge in [0.1, 0.15) is 11.8 Å². The Labute approximate surface area is 273 Å². The highest BCUT2D eigenvalue weighted by molar-refractivity contribution is 5.81. The van der Waals surface area contributed by atoms with Crippen LogP contribution in [0.2, 0.25) is 0 Å². The molecule has 0 bridgehead atoms. The van der Waals surface area contributed by atoms with E-state index in [1.165, 1.54) is 57.8 Å². The van der Waals surface area contributed by atoms with Crippen molar-refractivity contribution in [2.75, 3.05) is 6.54 Å². The fraction of sp³-hybridized carbons (Fsp3) is 0.806. The van der Waals surface area contributed by atoms with E-state index >= 15 is 0 Å². The van der Waals surface area contributed by atoms with E-state index in [1.807, 2.05) is 0 Å². The molecule has 0 unspecified atom stereocenters. The van der Waals surface area contributed by atoms with Crippen molar-refractivity contribution in [2.24, 2.45) is 0 Å². The third-order valence-corrected chi connectivity index (χ3v) is 7.44. The summed E-state index contributed by atoms with van der Waals surface area (Å²) in [6.07, 6.45) is 3.52. The zero-order chi connectivity index (χ0) is 34.8. The maximum absolute atomic E-state index is 12.9. The second kappa shape index (κ2) is 20.9. The molecule has 0 aromatic carbocycles. The van der Waals surface area contributed by atoms with Crippen LogP contribution >= 0.6 is 0 Å². The van der Waals surface area contributed by atoms with Gasteiger partial charge in [0.05, 0.1) is 12.8 Å². The molecule has 1 aromatic rings. The highest BCUT2D eigenvalue weighted by atomic mass is 19.4. The van der Waals surface area contributed by atoms with Crippen LogP contribution in [-0.2, 0) is 56.0 Å². The van der Waals surface area contributed by atoms with Crippen LogP contribution < -0.4 is 5.32 Å². The zero-order valence-electron chi connectivity index (χ0n) is 27.7. The summed E-state index contributed by atoms with van der Waals surface area (Å²) < 4.78 is 67.6. The van der Waals surface area contributed by atoms with Gasteiger partial charge in [-0.3, -0.25) is 23.9 Å². The normalized spacial score (nSPS) is 21.2. The van der Waals surface area contributed by atoms with Gasteiger partial charge < -0.3 is 29.0 Å². The number of halogens is 3. The molecular formula is C31H49F3N4O9. The molecule has 0 radical (unpaired) electrons. The number of aromatic nitrogens is 3. The third kappa shape index (κ3) is 15.5. The molecule has 13 nitrogen and oxygen atoms in total. The number of carbonyl (C=O) groups is 4. The SMILES string of the molecule is CCCCCCCCCCCCCCn1cc(CO[C@@H]2O[C@H](CNC(=O)C(F)(F)F)[C@H](OC(C)=O)[C@H](OC(C)=O)[C@H]2OC(C)=O)nn1. The smallest absolute Gasteiger partial charge is 0.456 e. The Morgan fingerprint density at radius 1 is 0.809 bits per heavy atom. The number of unbranched alkanes of at least 4 members (excludes halogenated alkanes) is 11. The van der Waals surface area contributed by atoms with E-state index in [-0.39, 0.29) is 6.61 Å². The standard InChI is InChI=1S/C31H49F3N4O9/c1-5-6-7-8-9-10-11-12-13-14-15-16-17-38-19-24(36-37-38)20-43-29-28(46-23(4)41)27(45-22(3)40)26(44-21(2)39)25(47-29)18-35-30(42)31(32,33)34/h19,25-29H,5-18,20H2,1-4H3,(H,35,42)/t25-,26+,27+,28-,29-/m1/s1. The minimum atomic E-state index is -5.20. The van der Waals surface area contributed by atoms with Crippen molar-refractivity contribution in [1.82, 2.24) is 20.3 Å². The summed E-state index contributed by atoms with van der Waals surface area (Å²) in [5, 5.41) is 9.84. The van der Waals surface area contributed by atoms with E-state index < -0.39 is 67.2 Å². The predicted octanol–water partition coefficient (Wildman–Crippen LogP) is 4.69. The van der Waals surface area contributed by atoms with E-state index in [0.29, 0.717) is 12.2 Å². The Morgan fingerprint density at radius 2 is 1.32 bits per heavy atom. The minimum absolute atomic E-state index is 0.229. The van der Waals surface area contributed by atoms with Gasteiger partial charge in [-0.25, -0.2) is 0 Å². The first-order chi connectivity index (χ1) is 22.3. The van der Waals surface area contributed by atoms with Crippen LogP contribution in [0.4, 0.5) is 13.2 Å². The molecule has 0 aliphatic carbocycles. The van der Waals surface area contributed by atoms with Gasteiger partial charge >= 0.3 is 30.0 Å². The molecule has 47 heavy (non-hydrogen) atoms. The van der Waals surface area contributed by atoms with Crippen molar-refractivity contribution in [3.63, 3.8) is 0 Å². The van der Waals surface area contributed by atoms with Crippen molar-refractivity contribution in [3.8, 4) is 0 Å². The van der Waals surface area contributed by atoms with Crippen molar-refractivity contribution >= 4 is 23.8 Å². The molecule has 2 heterocycles. The van der Waals surface area contributed by atoms with Gasteiger partial charge in [-0.1, -0.05) is 82.8 Å². The molecule has 1 aliphatic heterocycles. The first-order valence-electron chi connectivity index (χ1n) is 16.3. The molecule has 268 valence electrons. The lowest BCUT2D eigenvalue weighted by atomic mass is 9.97. The number of hydrogen-bond donors (Lipinski definition) is 1. The summed E-state index contributed by atoms with van der Waals surface area (Å²) in [4.78, 5) is 47.3. The lowest BCUT2D eigenvalue weighted by Gasteiger charge is -2.44. The van der Waals surface area contributed by atoms with Gasteiger partial charge in [-0.2, -0.15) is 13.2 Å². The lowest BCUT2D eigenvalue weighted by Crippen LogP contribution is -2.64. The molecule has 2 rings (SSSR count). The lowest BCUT2D eigenvalue weighted by molar-refractivity contribution is -0.305. The molecule has 1 aromatic heterocycles. The summed E-state index contributed by atoms with van der Waals surface area (Å²) in [6, 6.07) is 0. The number of nitrogens with zero attached hydrogens (tertiary/aromatic N) is 3. The number of alkyl halides is 3. The molecule has 1 N–H and O–H groups in total. The van der Waals surface area contributed by atoms with Crippen LogP contribution in [0.3, 0.4) is 0 Å². The molecular weight excluding hydrogens is 629 g/mol. The summed E-state index contributed by atoms with van der Waals surface area (Å²) in [7, 11) is 0. The Kier molecular flexibility index (Phi) is 17.7. The van der Waals surface area contributed by atoms with Gasteiger partial charge in [0.2, 0.25) is 0 Å². The Hall–Kier alpha value is -3.27. The quantitative estimate of drug-likeness (QED) is 0.109. The van der Waals surface area contributed by atoms with E-state index in [0.717, 1.165) is 40.0 Å². The Morgan fingerprint density at radius 3 is 1.85 bits per heavy atom. The highest BCUT2D eigenvalue weighted by Gasteiger charge is 2.53. The van der Waals surface area contributed by atoms with Gasteiger partial charge in [0, 0.05) is 33.9 Å². The van der Waals surface area contributed by atoms with Gasteiger partial charge in [-0.05, 0) is 6.42 Å². The summed E-state index contributed by atoms with van der Waals surface area (Å²) in [6.45, 7) is 4.94. The van der Waals surface area contributed by atoms with E-state index in [9.17, 15) is 32.3 Å². The number of aryl methyl sites for hydroxylation is 1. The number of hydrogen-bond acceptors (Lipinski definition) is 11. The number of nitrogens with one attached hydrogen (secondary N) is 1. The number of ether oxygens (including phenoxy) is 5. The fourth-order valence-corrected chi connectivity index (χ4v) is 5.24. The molecule has 0 saturated carbocycles. The topological polar surface area (TPSA) is 157 Å². The fourth-order valence-electron chi connectivity index (χ4n) is 5.24.